The molecule has 7 heteroatoms. The Morgan fingerprint density at radius 3 is 2.63 bits per heavy atom. The lowest BCUT2D eigenvalue weighted by Crippen LogP contribution is -2.38. The summed E-state index contributed by atoms with van der Waals surface area (Å²) in [7, 11) is 0. The van der Waals surface area contributed by atoms with E-state index in [2.05, 4.69) is 10.3 Å². The second-order valence-electron chi connectivity index (χ2n) is 7.54. The number of benzene rings is 2. The van der Waals surface area contributed by atoms with E-state index in [1.165, 1.54) is 0 Å². The van der Waals surface area contributed by atoms with Crippen molar-refractivity contribution in [2.24, 2.45) is 5.92 Å². The Hall–Kier alpha value is -3.35. The van der Waals surface area contributed by atoms with E-state index >= 15 is 0 Å². The number of anilines is 1. The van der Waals surface area contributed by atoms with Gasteiger partial charge in [0.25, 0.3) is 11.9 Å². The maximum absolute atomic E-state index is 12.4. The summed E-state index contributed by atoms with van der Waals surface area (Å²) >= 11 is 0. The summed E-state index contributed by atoms with van der Waals surface area (Å²) in [5.74, 6) is -0.830. The van der Waals surface area contributed by atoms with Gasteiger partial charge in [-0.2, -0.15) is 4.98 Å². The van der Waals surface area contributed by atoms with Crippen molar-refractivity contribution in [2.75, 3.05) is 24.6 Å². The summed E-state index contributed by atoms with van der Waals surface area (Å²) in [6.07, 6.45) is 1.28. The number of carbonyl (C=O) groups excluding carboxylic acids is 2. The van der Waals surface area contributed by atoms with Crippen molar-refractivity contribution >= 4 is 29.0 Å². The number of hydrogen-bond donors (Lipinski definition) is 1. The third kappa shape index (κ3) is 4.62. The quantitative estimate of drug-likeness (QED) is 0.632. The van der Waals surface area contributed by atoms with Crippen LogP contribution < -0.4 is 10.2 Å². The molecule has 1 N–H and O–H groups in total. The second-order valence-corrected chi connectivity index (χ2v) is 7.54. The molecule has 3 aromatic rings. The van der Waals surface area contributed by atoms with Crippen LogP contribution in [0.2, 0.25) is 0 Å². The molecule has 2 aromatic carbocycles. The third-order valence-electron chi connectivity index (χ3n) is 5.46. The second kappa shape index (κ2) is 8.98. The van der Waals surface area contributed by atoms with Gasteiger partial charge in [-0.25, -0.2) is 0 Å². The first-order valence-corrected chi connectivity index (χ1v) is 10.2. The summed E-state index contributed by atoms with van der Waals surface area (Å²) in [6.45, 7) is 3.48. The molecular formula is C23H25N3O4. The minimum Gasteiger partial charge on any atom is -0.455 e. The largest absolute Gasteiger partial charge is 0.455 e. The lowest BCUT2D eigenvalue weighted by molar-refractivity contribution is -0.153. The van der Waals surface area contributed by atoms with Crippen LogP contribution in [0.5, 0.6) is 0 Å². The average molecular weight is 407 g/mol. The molecule has 0 bridgehead atoms. The van der Waals surface area contributed by atoms with Gasteiger partial charge in [-0.1, -0.05) is 36.4 Å². The van der Waals surface area contributed by atoms with Gasteiger partial charge in [0.15, 0.2) is 12.2 Å². The minimum absolute atomic E-state index is 0.213. The smallest absolute Gasteiger partial charge is 0.309 e. The number of nitrogens with one attached hydrogen (secondary N) is 1. The molecular weight excluding hydrogens is 382 g/mol. The van der Waals surface area contributed by atoms with Crippen LogP contribution >= 0.6 is 0 Å². The molecule has 7 nitrogen and oxygen atoms in total. The molecule has 0 atom stereocenters. The SMILES string of the molecule is Cc1ccccc1CNC(=O)COC(=O)C1CCN(c2nc3ccccc3o2)CC1. The Kier molecular flexibility index (Phi) is 5.97. The molecule has 0 aliphatic carbocycles. The van der Waals surface area contributed by atoms with E-state index in [0.29, 0.717) is 38.5 Å². The number of fused-ring (bicyclic) bond motifs is 1. The topological polar surface area (TPSA) is 84.7 Å². The van der Waals surface area contributed by atoms with E-state index in [9.17, 15) is 9.59 Å². The van der Waals surface area contributed by atoms with Crippen molar-refractivity contribution < 1.29 is 18.7 Å². The number of para-hydroxylation sites is 2. The normalized spacial score (nSPS) is 14.6. The summed E-state index contributed by atoms with van der Waals surface area (Å²) in [5.41, 5.74) is 3.74. The van der Waals surface area contributed by atoms with Crippen molar-refractivity contribution in [2.45, 2.75) is 26.3 Å². The number of nitrogens with zero attached hydrogens (tertiary/aromatic N) is 2. The number of amides is 1. The maximum atomic E-state index is 12.4. The Morgan fingerprint density at radius 1 is 1.13 bits per heavy atom. The van der Waals surface area contributed by atoms with Crippen LogP contribution in [0.3, 0.4) is 0 Å². The van der Waals surface area contributed by atoms with Gasteiger partial charge in [0.05, 0.1) is 5.92 Å². The Labute approximate surface area is 175 Å². The highest BCUT2D eigenvalue weighted by Gasteiger charge is 2.28. The van der Waals surface area contributed by atoms with Crippen LogP contribution in [-0.2, 0) is 20.9 Å². The Morgan fingerprint density at radius 2 is 1.87 bits per heavy atom. The van der Waals surface area contributed by atoms with Crippen molar-refractivity contribution in [1.82, 2.24) is 10.3 Å². The molecule has 30 heavy (non-hydrogen) atoms. The lowest BCUT2D eigenvalue weighted by atomic mass is 9.97. The van der Waals surface area contributed by atoms with Crippen molar-refractivity contribution in [3.8, 4) is 0 Å². The first-order valence-electron chi connectivity index (χ1n) is 10.2. The van der Waals surface area contributed by atoms with E-state index in [1.54, 1.807) is 0 Å². The Bertz CT molecular complexity index is 1000. The molecule has 1 aliphatic rings. The molecule has 1 fully saturated rings. The standard InChI is InChI=1S/C23H25N3O4/c1-16-6-2-3-7-18(16)14-24-21(27)15-29-22(28)17-10-12-26(13-11-17)23-25-19-8-4-5-9-20(19)30-23/h2-9,17H,10-15H2,1H3,(H,24,27). The summed E-state index contributed by atoms with van der Waals surface area (Å²) in [5, 5.41) is 2.79. The average Bonchev–Trinajstić information content (AvgIpc) is 3.21. The maximum Gasteiger partial charge on any atom is 0.309 e. The van der Waals surface area contributed by atoms with Gasteiger partial charge in [-0.15, -0.1) is 0 Å². The minimum atomic E-state index is -0.321. The van der Waals surface area contributed by atoms with Crippen LogP contribution in [0.4, 0.5) is 6.01 Å². The fourth-order valence-electron chi connectivity index (χ4n) is 3.61. The van der Waals surface area contributed by atoms with Crippen molar-refractivity contribution in [1.29, 1.82) is 0 Å². The first-order chi connectivity index (χ1) is 14.6. The van der Waals surface area contributed by atoms with E-state index < -0.39 is 0 Å². The number of piperidine rings is 1. The van der Waals surface area contributed by atoms with Crippen LogP contribution in [0.15, 0.2) is 52.9 Å². The Balaban J connectivity index is 1.21. The molecule has 0 unspecified atom stereocenters. The molecule has 0 radical (unpaired) electrons. The zero-order valence-electron chi connectivity index (χ0n) is 17.0. The van der Waals surface area contributed by atoms with Gasteiger partial charge < -0.3 is 19.4 Å². The molecule has 4 rings (SSSR count). The number of oxazole rings is 1. The van der Waals surface area contributed by atoms with Gasteiger partial charge in [0, 0.05) is 19.6 Å². The number of esters is 1. The van der Waals surface area contributed by atoms with Crippen LogP contribution in [0.1, 0.15) is 24.0 Å². The molecule has 156 valence electrons. The lowest BCUT2D eigenvalue weighted by Gasteiger charge is -2.29. The van der Waals surface area contributed by atoms with Gasteiger partial charge >= 0.3 is 5.97 Å². The molecule has 1 saturated heterocycles. The van der Waals surface area contributed by atoms with Crippen LogP contribution in [0, 0.1) is 12.8 Å². The number of aromatic nitrogens is 1. The highest BCUT2D eigenvalue weighted by molar-refractivity contribution is 5.81. The number of rotatable bonds is 6. The van der Waals surface area contributed by atoms with E-state index in [4.69, 9.17) is 9.15 Å². The van der Waals surface area contributed by atoms with Crippen LogP contribution in [-0.4, -0.2) is 36.6 Å². The fourth-order valence-corrected chi connectivity index (χ4v) is 3.61. The highest BCUT2D eigenvalue weighted by Crippen LogP contribution is 2.26. The van der Waals surface area contributed by atoms with Crippen molar-refractivity contribution in [3.63, 3.8) is 0 Å². The number of aryl methyl sites for hydroxylation is 1. The molecule has 1 aliphatic heterocycles. The fraction of sp³-hybridized carbons (Fsp3) is 0.348. The monoisotopic (exact) mass is 407 g/mol. The van der Waals surface area contributed by atoms with Crippen LogP contribution in [0.25, 0.3) is 11.1 Å². The number of hydrogen-bond acceptors (Lipinski definition) is 6. The van der Waals surface area contributed by atoms with Crippen molar-refractivity contribution in [3.05, 3.63) is 59.7 Å². The third-order valence-corrected chi connectivity index (χ3v) is 5.46. The predicted octanol–water partition coefficient (Wildman–Crippen LogP) is 3.21. The van der Waals surface area contributed by atoms with Gasteiger partial charge in [0.1, 0.15) is 5.52 Å². The zero-order chi connectivity index (χ0) is 20.9. The van der Waals surface area contributed by atoms with E-state index in [1.807, 2.05) is 60.4 Å². The molecule has 0 spiro atoms. The van der Waals surface area contributed by atoms with E-state index in [-0.39, 0.29) is 24.4 Å². The zero-order valence-corrected chi connectivity index (χ0v) is 17.0. The summed E-state index contributed by atoms with van der Waals surface area (Å²) in [6, 6.07) is 16.1. The predicted molar refractivity (Wildman–Crippen MR) is 113 cm³/mol. The molecule has 2 heterocycles. The van der Waals surface area contributed by atoms with Gasteiger partial charge in [-0.3, -0.25) is 9.59 Å². The number of ether oxygens (including phenoxy) is 1. The summed E-state index contributed by atoms with van der Waals surface area (Å²) in [4.78, 5) is 30.9. The van der Waals surface area contributed by atoms with E-state index in [0.717, 1.165) is 22.2 Å². The van der Waals surface area contributed by atoms with Gasteiger partial charge in [0.2, 0.25) is 0 Å². The summed E-state index contributed by atoms with van der Waals surface area (Å²) < 4.78 is 11.0. The molecule has 0 saturated carbocycles. The molecule has 1 amide bonds. The molecule has 1 aromatic heterocycles. The number of carbonyl (C=O) groups is 2. The first kappa shape index (κ1) is 19.9. The highest BCUT2D eigenvalue weighted by atomic mass is 16.5. The van der Waals surface area contributed by atoms with Gasteiger partial charge in [-0.05, 0) is 43.0 Å².